The van der Waals surface area contributed by atoms with E-state index in [4.69, 9.17) is 0 Å². The molecule has 29 heavy (non-hydrogen) atoms. The third-order valence-electron chi connectivity index (χ3n) is 10.8. The maximum Gasteiger partial charge on any atom is 0.0797 e. The lowest BCUT2D eigenvalue weighted by Crippen LogP contribution is -2.55. The summed E-state index contributed by atoms with van der Waals surface area (Å²) in [5.74, 6) is 4.28. The van der Waals surface area contributed by atoms with Gasteiger partial charge in [-0.3, -0.25) is 0 Å². The van der Waals surface area contributed by atoms with Gasteiger partial charge < -0.3 is 10.2 Å². The van der Waals surface area contributed by atoms with Crippen molar-refractivity contribution in [1.82, 2.24) is 0 Å². The first kappa shape index (κ1) is 21.9. The third kappa shape index (κ3) is 3.75. The molecule has 2 heteroatoms. The van der Waals surface area contributed by atoms with Gasteiger partial charge in [-0.25, -0.2) is 0 Å². The molecule has 166 valence electrons. The van der Waals surface area contributed by atoms with Crippen LogP contribution >= 0.6 is 0 Å². The van der Waals surface area contributed by atoms with Crippen molar-refractivity contribution in [2.75, 3.05) is 0 Å². The van der Waals surface area contributed by atoms with Gasteiger partial charge in [-0.15, -0.1) is 6.58 Å². The second-order valence-corrected chi connectivity index (χ2v) is 12.6. The standard InChI is InChI=1S/C27H46O2/c1-6-24(2,28)14-7-8-19-10-12-22-21-11-9-20-18-25(3,29)16-17-27(20,5)23(21)13-15-26(19,22)4/h6,19-23,28-29H,1,7-18H2,2-5H3/t19-,20-,21-,22-,23-,24-,25-,26+,27-/m0/s1. The van der Waals surface area contributed by atoms with Crippen molar-refractivity contribution < 1.29 is 10.2 Å². The van der Waals surface area contributed by atoms with Crippen molar-refractivity contribution in [3.63, 3.8) is 0 Å². The lowest BCUT2D eigenvalue weighted by atomic mass is 9.44. The van der Waals surface area contributed by atoms with Crippen LogP contribution in [0.5, 0.6) is 0 Å². The topological polar surface area (TPSA) is 40.5 Å². The predicted molar refractivity (Wildman–Crippen MR) is 121 cm³/mol. The van der Waals surface area contributed by atoms with Gasteiger partial charge in [0.15, 0.2) is 0 Å². The summed E-state index contributed by atoms with van der Waals surface area (Å²) < 4.78 is 0. The maximum absolute atomic E-state index is 10.7. The zero-order valence-corrected chi connectivity index (χ0v) is 19.6. The van der Waals surface area contributed by atoms with Gasteiger partial charge in [0.25, 0.3) is 0 Å². The Balaban J connectivity index is 1.45. The molecule has 0 aromatic carbocycles. The quantitative estimate of drug-likeness (QED) is 0.515. The Morgan fingerprint density at radius 1 is 0.966 bits per heavy atom. The number of fused-ring (bicyclic) bond motifs is 5. The largest absolute Gasteiger partial charge is 0.390 e. The summed E-state index contributed by atoms with van der Waals surface area (Å²) in [7, 11) is 0. The maximum atomic E-state index is 10.7. The summed E-state index contributed by atoms with van der Waals surface area (Å²) in [6.07, 6.45) is 16.6. The Hall–Kier alpha value is -0.340. The van der Waals surface area contributed by atoms with Crippen molar-refractivity contribution in [2.45, 2.75) is 116 Å². The molecule has 9 atom stereocenters. The molecule has 4 aliphatic carbocycles. The first-order valence-electron chi connectivity index (χ1n) is 12.6. The molecule has 2 nitrogen and oxygen atoms in total. The summed E-state index contributed by atoms with van der Waals surface area (Å²) in [5.41, 5.74) is -0.144. The van der Waals surface area contributed by atoms with Crippen LogP contribution in [0.3, 0.4) is 0 Å². The van der Waals surface area contributed by atoms with Gasteiger partial charge in [-0.2, -0.15) is 0 Å². The number of aliphatic hydroxyl groups is 2. The van der Waals surface area contributed by atoms with Crippen molar-refractivity contribution in [2.24, 2.45) is 40.4 Å². The summed E-state index contributed by atoms with van der Waals surface area (Å²) in [4.78, 5) is 0. The Bertz CT molecular complexity index is 622. The average Bonchev–Trinajstić information content (AvgIpc) is 2.99. The highest BCUT2D eigenvalue weighted by atomic mass is 16.3. The fraction of sp³-hybridized carbons (Fsp3) is 0.926. The van der Waals surface area contributed by atoms with Crippen LogP contribution in [0.1, 0.15) is 105 Å². The molecule has 4 aliphatic rings. The van der Waals surface area contributed by atoms with Crippen LogP contribution in [0.4, 0.5) is 0 Å². The highest BCUT2D eigenvalue weighted by molar-refractivity contribution is 5.10. The van der Waals surface area contributed by atoms with Crippen LogP contribution in [-0.2, 0) is 0 Å². The summed E-state index contributed by atoms with van der Waals surface area (Å²) in [5, 5.41) is 21.0. The monoisotopic (exact) mass is 402 g/mol. The minimum atomic E-state index is -0.703. The van der Waals surface area contributed by atoms with Crippen LogP contribution in [0.25, 0.3) is 0 Å². The minimum absolute atomic E-state index is 0.425. The van der Waals surface area contributed by atoms with Gasteiger partial charge in [-0.05, 0) is 131 Å². The molecule has 0 aliphatic heterocycles. The highest BCUT2D eigenvalue weighted by Crippen LogP contribution is 2.68. The number of hydrogen-bond acceptors (Lipinski definition) is 2. The fourth-order valence-corrected chi connectivity index (χ4v) is 8.82. The van der Waals surface area contributed by atoms with Gasteiger partial charge in [0, 0.05) is 0 Å². The van der Waals surface area contributed by atoms with E-state index in [2.05, 4.69) is 27.4 Å². The Morgan fingerprint density at radius 2 is 1.69 bits per heavy atom. The third-order valence-corrected chi connectivity index (χ3v) is 10.8. The lowest BCUT2D eigenvalue weighted by Gasteiger charge is -2.62. The van der Waals surface area contributed by atoms with E-state index in [0.29, 0.717) is 10.8 Å². The molecule has 0 amide bonds. The molecule has 2 N–H and O–H groups in total. The van der Waals surface area contributed by atoms with E-state index < -0.39 is 11.2 Å². The highest BCUT2D eigenvalue weighted by Gasteiger charge is 2.60. The number of rotatable bonds is 5. The van der Waals surface area contributed by atoms with Gasteiger partial charge >= 0.3 is 0 Å². The van der Waals surface area contributed by atoms with Crippen LogP contribution in [0.2, 0.25) is 0 Å². The molecule has 0 aromatic heterocycles. The Kier molecular flexibility index (Phi) is 5.56. The molecule has 0 spiro atoms. The van der Waals surface area contributed by atoms with Gasteiger partial charge in [-0.1, -0.05) is 19.9 Å². The summed E-state index contributed by atoms with van der Waals surface area (Å²) >= 11 is 0. The molecule has 0 heterocycles. The molecule has 0 saturated heterocycles. The van der Waals surface area contributed by atoms with Crippen LogP contribution < -0.4 is 0 Å². The van der Waals surface area contributed by atoms with E-state index in [1.54, 1.807) is 6.08 Å². The SMILES string of the molecule is C=C[C@](C)(O)CCC[C@H]1CC[C@H]2[C@@H]3CC[C@H]4C[C@@](C)(O)CC[C@]4(C)[C@H]3CC[C@]12C. The summed E-state index contributed by atoms with van der Waals surface area (Å²) in [6, 6.07) is 0. The lowest BCUT2D eigenvalue weighted by molar-refractivity contribution is -0.146. The van der Waals surface area contributed by atoms with Gasteiger partial charge in [0.2, 0.25) is 0 Å². The molecular weight excluding hydrogens is 356 g/mol. The number of hydrogen-bond donors (Lipinski definition) is 2. The minimum Gasteiger partial charge on any atom is -0.390 e. The second kappa shape index (κ2) is 7.37. The molecule has 4 saturated carbocycles. The van der Waals surface area contributed by atoms with Crippen molar-refractivity contribution in [3.05, 3.63) is 12.7 Å². The zero-order valence-electron chi connectivity index (χ0n) is 19.6. The first-order chi connectivity index (χ1) is 13.5. The molecule has 0 aromatic rings. The second-order valence-electron chi connectivity index (χ2n) is 12.6. The van der Waals surface area contributed by atoms with E-state index >= 15 is 0 Å². The molecular formula is C27H46O2. The molecule has 4 rings (SSSR count). The van der Waals surface area contributed by atoms with Crippen LogP contribution in [0, 0.1) is 40.4 Å². The zero-order chi connectivity index (χ0) is 21.1. The molecule has 4 fully saturated rings. The van der Waals surface area contributed by atoms with Gasteiger partial charge in [0.05, 0.1) is 11.2 Å². The van der Waals surface area contributed by atoms with E-state index in [1.807, 2.05) is 6.92 Å². The van der Waals surface area contributed by atoms with Crippen molar-refractivity contribution in [3.8, 4) is 0 Å². The smallest absolute Gasteiger partial charge is 0.0797 e. The predicted octanol–water partition coefficient (Wildman–Crippen LogP) is 6.50. The molecule has 0 unspecified atom stereocenters. The van der Waals surface area contributed by atoms with E-state index in [9.17, 15) is 10.2 Å². The molecule has 0 radical (unpaired) electrons. The Morgan fingerprint density at radius 3 is 2.41 bits per heavy atom. The average molecular weight is 403 g/mol. The Labute approximate surface area is 179 Å². The molecule has 0 bridgehead atoms. The van der Waals surface area contributed by atoms with Crippen LogP contribution in [-0.4, -0.2) is 21.4 Å². The van der Waals surface area contributed by atoms with Gasteiger partial charge in [0.1, 0.15) is 0 Å². The van der Waals surface area contributed by atoms with Crippen LogP contribution in [0.15, 0.2) is 12.7 Å². The normalized spacial score (nSPS) is 51.4. The van der Waals surface area contributed by atoms with E-state index in [-0.39, 0.29) is 0 Å². The van der Waals surface area contributed by atoms with Crippen molar-refractivity contribution >= 4 is 0 Å². The van der Waals surface area contributed by atoms with E-state index in [0.717, 1.165) is 55.3 Å². The summed E-state index contributed by atoms with van der Waals surface area (Å²) in [6.45, 7) is 13.0. The first-order valence-corrected chi connectivity index (χ1v) is 12.6. The van der Waals surface area contributed by atoms with Crippen molar-refractivity contribution in [1.29, 1.82) is 0 Å². The fourth-order valence-electron chi connectivity index (χ4n) is 8.82. The van der Waals surface area contributed by atoms with E-state index in [1.165, 1.54) is 51.4 Å².